The minimum atomic E-state index is -2.22. The Labute approximate surface area is 193 Å². The molecule has 0 fully saturated rings. The average Bonchev–Trinajstić information content (AvgIpc) is 2.88. The van der Waals surface area contributed by atoms with Crippen molar-refractivity contribution in [2.24, 2.45) is 0 Å². The lowest BCUT2D eigenvalue weighted by atomic mass is 9.80. The van der Waals surface area contributed by atoms with Gasteiger partial charge >= 0.3 is 5.97 Å². The Morgan fingerprint density at radius 3 is 1.48 bits per heavy atom. The number of aromatic hydroxyl groups is 1. The fourth-order valence-electron chi connectivity index (χ4n) is 4.05. The molecule has 4 rings (SSSR count). The van der Waals surface area contributed by atoms with Gasteiger partial charge in [-0.3, -0.25) is 0 Å². The van der Waals surface area contributed by atoms with Crippen molar-refractivity contribution in [2.75, 3.05) is 14.2 Å². The van der Waals surface area contributed by atoms with E-state index in [1.807, 2.05) is 91.0 Å². The normalized spacial score (nSPS) is 13.3. The number of phenolic OH excluding ortho intramolecular Hbond substituents is 1. The van der Waals surface area contributed by atoms with Crippen molar-refractivity contribution in [3.8, 4) is 11.5 Å². The Hall–Kier alpha value is -3.64. The fraction of sp³-hybridized carbons (Fsp3) is 0.143. The SMILES string of the molecule is COc1cc(O)ccc1C(O)(OC)OC(c1ccccc1)(c1ccccc1)c1ccccc1. The molecule has 5 nitrogen and oxygen atoms in total. The number of hydrogen-bond donors (Lipinski definition) is 2. The van der Waals surface area contributed by atoms with Gasteiger partial charge in [0, 0.05) is 13.2 Å². The van der Waals surface area contributed by atoms with Crippen LogP contribution < -0.4 is 4.74 Å². The maximum absolute atomic E-state index is 11.8. The molecular weight excluding hydrogens is 416 g/mol. The summed E-state index contributed by atoms with van der Waals surface area (Å²) in [4.78, 5) is 0. The van der Waals surface area contributed by atoms with E-state index in [-0.39, 0.29) is 17.1 Å². The summed E-state index contributed by atoms with van der Waals surface area (Å²) in [5.74, 6) is -2.00. The Morgan fingerprint density at radius 1 is 0.636 bits per heavy atom. The van der Waals surface area contributed by atoms with Crippen LogP contribution in [0.2, 0.25) is 0 Å². The van der Waals surface area contributed by atoms with Gasteiger partial charge in [0.25, 0.3) is 0 Å². The topological polar surface area (TPSA) is 68.2 Å². The maximum Gasteiger partial charge on any atom is 0.314 e. The predicted octanol–water partition coefficient (Wildman–Crippen LogP) is 5.16. The molecule has 0 aliphatic carbocycles. The van der Waals surface area contributed by atoms with Crippen LogP contribution >= 0.6 is 0 Å². The summed E-state index contributed by atoms with van der Waals surface area (Å²) in [6, 6.07) is 33.4. The molecule has 1 atom stereocenters. The van der Waals surface area contributed by atoms with Gasteiger partial charge in [0.05, 0.1) is 12.7 Å². The highest BCUT2D eigenvalue weighted by molar-refractivity contribution is 5.48. The highest BCUT2D eigenvalue weighted by atomic mass is 16.8. The highest BCUT2D eigenvalue weighted by Crippen LogP contribution is 2.47. The van der Waals surface area contributed by atoms with Crippen LogP contribution in [0.5, 0.6) is 11.5 Å². The Kier molecular flexibility index (Phi) is 6.47. The molecule has 0 spiro atoms. The minimum Gasteiger partial charge on any atom is -0.508 e. The van der Waals surface area contributed by atoms with E-state index in [2.05, 4.69) is 0 Å². The van der Waals surface area contributed by atoms with Crippen molar-refractivity contribution in [1.82, 2.24) is 0 Å². The molecule has 0 bridgehead atoms. The molecular formula is C28H26O5. The van der Waals surface area contributed by atoms with E-state index in [4.69, 9.17) is 14.2 Å². The summed E-state index contributed by atoms with van der Waals surface area (Å²) in [5, 5.41) is 21.7. The number of benzene rings is 4. The molecule has 33 heavy (non-hydrogen) atoms. The zero-order valence-corrected chi connectivity index (χ0v) is 18.5. The lowest BCUT2D eigenvalue weighted by Crippen LogP contribution is -2.44. The van der Waals surface area contributed by atoms with Gasteiger partial charge in [-0.05, 0) is 28.8 Å². The Balaban J connectivity index is 2.01. The molecule has 2 N–H and O–H groups in total. The number of methoxy groups -OCH3 is 2. The molecule has 4 aromatic rings. The van der Waals surface area contributed by atoms with E-state index in [0.29, 0.717) is 0 Å². The zero-order chi connectivity index (χ0) is 23.3. The van der Waals surface area contributed by atoms with Crippen LogP contribution in [0, 0.1) is 0 Å². The standard InChI is InChI=1S/C28H26O5/c1-31-26-20-24(29)18-19-25(26)28(30,32-2)33-27(21-12-6-3-7-13-21,22-14-8-4-9-15-22)23-16-10-5-11-17-23/h3-20,29-30H,1-2H3. The van der Waals surface area contributed by atoms with E-state index in [9.17, 15) is 10.2 Å². The third-order valence-corrected chi connectivity index (χ3v) is 5.63. The molecule has 0 amide bonds. The first-order valence-electron chi connectivity index (χ1n) is 10.6. The Morgan fingerprint density at radius 2 is 1.09 bits per heavy atom. The molecule has 1 unspecified atom stereocenters. The molecule has 0 aromatic heterocycles. The second kappa shape index (κ2) is 9.46. The van der Waals surface area contributed by atoms with Gasteiger partial charge in [-0.1, -0.05) is 91.0 Å². The van der Waals surface area contributed by atoms with E-state index in [1.165, 1.54) is 32.4 Å². The van der Waals surface area contributed by atoms with Gasteiger partial charge in [-0.15, -0.1) is 0 Å². The quantitative estimate of drug-likeness (QED) is 0.291. The molecule has 4 aromatic carbocycles. The number of aliphatic hydroxyl groups is 1. The third kappa shape index (κ3) is 4.22. The van der Waals surface area contributed by atoms with Crippen molar-refractivity contribution >= 4 is 0 Å². The fourth-order valence-corrected chi connectivity index (χ4v) is 4.05. The van der Waals surface area contributed by atoms with Crippen molar-refractivity contribution in [1.29, 1.82) is 0 Å². The summed E-state index contributed by atoms with van der Waals surface area (Å²) >= 11 is 0. The van der Waals surface area contributed by atoms with Gasteiger partial charge in [-0.2, -0.15) is 0 Å². The van der Waals surface area contributed by atoms with Gasteiger partial charge in [0.15, 0.2) is 0 Å². The van der Waals surface area contributed by atoms with Gasteiger partial charge in [0.1, 0.15) is 17.1 Å². The van der Waals surface area contributed by atoms with Gasteiger partial charge in [-0.25, -0.2) is 0 Å². The van der Waals surface area contributed by atoms with E-state index >= 15 is 0 Å². The van der Waals surface area contributed by atoms with Crippen molar-refractivity contribution in [3.05, 3.63) is 131 Å². The highest BCUT2D eigenvalue weighted by Gasteiger charge is 2.47. The third-order valence-electron chi connectivity index (χ3n) is 5.63. The van der Waals surface area contributed by atoms with Crippen molar-refractivity contribution in [3.63, 3.8) is 0 Å². The van der Waals surface area contributed by atoms with Crippen LogP contribution in [0.15, 0.2) is 109 Å². The van der Waals surface area contributed by atoms with Crippen molar-refractivity contribution in [2.45, 2.75) is 11.6 Å². The Bertz CT molecular complexity index is 1080. The smallest absolute Gasteiger partial charge is 0.314 e. The molecule has 5 heteroatoms. The molecule has 0 aliphatic rings. The number of rotatable bonds is 8. The molecule has 0 radical (unpaired) electrons. The first-order valence-corrected chi connectivity index (χ1v) is 10.6. The largest absolute Gasteiger partial charge is 0.508 e. The van der Waals surface area contributed by atoms with E-state index in [0.717, 1.165) is 16.7 Å². The molecule has 0 saturated carbocycles. The second-order valence-electron chi connectivity index (χ2n) is 7.55. The summed E-state index contributed by atoms with van der Waals surface area (Å²) in [6.07, 6.45) is 0. The monoisotopic (exact) mass is 442 g/mol. The number of ether oxygens (including phenoxy) is 3. The summed E-state index contributed by atoms with van der Waals surface area (Å²) in [6.45, 7) is 0. The van der Waals surface area contributed by atoms with Crippen LogP contribution in [0.25, 0.3) is 0 Å². The lowest BCUT2D eigenvalue weighted by Gasteiger charge is -2.42. The van der Waals surface area contributed by atoms with Crippen molar-refractivity contribution < 1.29 is 24.4 Å². The average molecular weight is 443 g/mol. The van der Waals surface area contributed by atoms with E-state index < -0.39 is 11.6 Å². The predicted molar refractivity (Wildman–Crippen MR) is 126 cm³/mol. The summed E-state index contributed by atoms with van der Waals surface area (Å²) < 4.78 is 17.7. The molecule has 0 aliphatic heterocycles. The minimum absolute atomic E-state index is 0.00510. The second-order valence-corrected chi connectivity index (χ2v) is 7.55. The molecule has 168 valence electrons. The van der Waals surface area contributed by atoms with E-state index in [1.54, 1.807) is 0 Å². The number of hydrogen-bond acceptors (Lipinski definition) is 5. The zero-order valence-electron chi connectivity index (χ0n) is 18.5. The van der Waals surface area contributed by atoms with Crippen LogP contribution in [-0.4, -0.2) is 24.4 Å². The first-order chi connectivity index (χ1) is 16.0. The van der Waals surface area contributed by atoms with Gasteiger partial charge in [0.2, 0.25) is 0 Å². The van der Waals surface area contributed by atoms with Crippen LogP contribution in [0.4, 0.5) is 0 Å². The van der Waals surface area contributed by atoms with Crippen LogP contribution in [0.3, 0.4) is 0 Å². The van der Waals surface area contributed by atoms with Crippen LogP contribution in [0.1, 0.15) is 22.3 Å². The molecule has 0 saturated heterocycles. The first kappa shape index (κ1) is 22.6. The number of phenols is 1. The summed E-state index contributed by atoms with van der Waals surface area (Å²) in [5.41, 5.74) is 1.39. The summed E-state index contributed by atoms with van der Waals surface area (Å²) in [7, 11) is 2.81. The maximum atomic E-state index is 11.8. The molecule has 0 heterocycles. The van der Waals surface area contributed by atoms with Crippen LogP contribution in [-0.2, 0) is 21.0 Å². The lowest BCUT2D eigenvalue weighted by molar-refractivity contribution is -0.390. The van der Waals surface area contributed by atoms with Gasteiger partial charge < -0.3 is 24.4 Å².